The van der Waals surface area contributed by atoms with E-state index in [0.29, 0.717) is 42.8 Å². The van der Waals surface area contributed by atoms with Gasteiger partial charge in [0.1, 0.15) is 34.9 Å². The lowest BCUT2D eigenvalue weighted by molar-refractivity contribution is 0.0124. The van der Waals surface area contributed by atoms with E-state index >= 15 is 0 Å². The van der Waals surface area contributed by atoms with Crippen LogP contribution in [0.4, 0.5) is 13.6 Å². The van der Waals surface area contributed by atoms with Crippen molar-refractivity contribution >= 4 is 17.1 Å². The molecule has 1 fully saturated rings. The van der Waals surface area contributed by atoms with Crippen LogP contribution in [-0.4, -0.2) is 55.5 Å². The van der Waals surface area contributed by atoms with E-state index in [-0.39, 0.29) is 17.9 Å². The van der Waals surface area contributed by atoms with Crippen molar-refractivity contribution in [1.29, 1.82) is 0 Å². The lowest BCUT2D eigenvalue weighted by Crippen LogP contribution is -2.44. The largest absolute Gasteiger partial charge is 0.474 e. The lowest BCUT2D eigenvalue weighted by Gasteiger charge is -2.33. The Hall–Kier alpha value is -3.30. The average Bonchev–Trinajstić information content (AvgIpc) is 3.12. The quantitative estimate of drug-likeness (QED) is 0.626. The summed E-state index contributed by atoms with van der Waals surface area (Å²) in [5, 5.41) is 4.70. The maximum atomic E-state index is 14.2. The molecule has 0 atom stereocenters. The third kappa shape index (κ3) is 4.57. The second-order valence-corrected chi connectivity index (χ2v) is 8.35. The van der Waals surface area contributed by atoms with Gasteiger partial charge in [-0.15, -0.1) is 0 Å². The topological polar surface area (TPSA) is 82.4 Å². The Labute approximate surface area is 177 Å². The molecule has 1 saturated heterocycles. The van der Waals surface area contributed by atoms with Gasteiger partial charge >= 0.3 is 6.09 Å². The van der Waals surface area contributed by atoms with Gasteiger partial charge in [-0.1, -0.05) is 0 Å². The molecule has 0 unspecified atom stereocenters. The zero-order chi connectivity index (χ0) is 22.2. The summed E-state index contributed by atoms with van der Waals surface area (Å²) >= 11 is 0. The van der Waals surface area contributed by atoms with Crippen LogP contribution in [0.5, 0.6) is 5.88 Å². The Morgan fingerprint density at radius 1 is 1.16 bits per heavy atom. The molecule has 0 bridgehead atoms. The van der Waals surface area contributed by atoms with Crippen LogP contribution in [0, 0.1) is 11.6 Å². The molecular weight excluding hydrogens is 408 g/mol. The summed E-state index contributed by atoms with van der Waals surface area (Å²) in [5.41, 5.74) is -0.116. The van der Waals surface area contributed by atoms with Crippen molar-refractivity contribution in [1.82, 2.24) is 24.6 Å². The van der Waals surface area contributed by atoms with Crippen LogP contribution in [0.15, 0.2) is 30.7 Å². The second-order valence-electron chi connectivity index (χ2n) is 8.35. The minimum absolute atomic E-state index is 0.0757. The molecule has 4 rings (SSSR count). The molecule has 8 nitrogen and oxygen atoms in total. The molecule has 1 aliphatic heterocycles. The highest BCUT2D eigenvalue weighted by Gasteiger charge is 2.28. The van der Waals surface area contributed by atoms with E-state index in [1.165, 1.54) is 23.3 Å². The van der Waals surface area contributed by atoms with E-state index in [9.17, 15) is 13.6 Å². The van der Waals surface area contributed by atoms with Crippen LogP contribution in [0.3, 0.4) is 0 Å². The van der Waals surface area contributed by atoms with Crippen LogP contribution < -0.4 is 4.74 Å². The molecule has 3 heterocycles. The minimum Gasteiger partial charge on any atom is -0.474 e. The number of carbonyl (C=O) groups is 1. The van der Waals surface area contributed by atoms with Gasteiger partial charge < -0.3 is 14.4 Å². The van der Waals surface area contributed by atoms with Crippen LogP contribution >= 0.6 is 0 Å². The van der Waals surface area contributed by atoms with Gasteiger partial charge in [0.2, 0.25) is 5.88 Å². The monoisotopic (exact) mass is 431 g/mol. The van der Waals surface area contributed by atoms with Gasteiger partial charge in [-0.2, -0.15) is 5.10 Å². The molecule has 2 aromatic heterocycles. The van der Waals surface area contributed by atoms with Gasteiger partial charge in [0, 0.05) is 32.0 Å². The molecule has 1 aromatic carbocycles. The molecule has 3 aromatic rings. The van der Waals surface area contributed by atoms with E-state index < -0.39 is 17.2 Å². The molecule has 31 heavy (non-hydrogen) atoms. The number of carbonyl (C=O) groups excluding carboxylic acids is 1. The van der Waals surface area contributed by atoms with Gasteiger partial charge in [0.15, 0.2) is 11.5 Å². The second kappa shape index (κ2) is 8.09. The fourth-order valence-corrected chi connectivity index (χ4v) is 3.39. The molecule has 1 amide bonds. The predicted molar refractivity (Wildman–Crippen MR) is 108 cm³/mol. The number of rotatable bonds is 3. The van der Waals surface area contributed by atoms with Gasteiger partial charge in [-0.3, -0.25) is 0 Å². The average molecular weight is 431 g/mol. The van der Waals surface area contributed by atoms with Gasteiger partial charge in [-0.05, 0) is 32.9 Å². The lowest BCUT2D eigenvalue weighted by atomic mass is 10.1. The van der Waals surface area contributed by atoms with Crippen molar-refractivity contribution in [3.8, 4) is 11.6 Å². The third-order valence-corrected chi connectivity index (χ3v) is 4.84. The van der Waals surface area contributed by atoms with Gasteiger partial charge in [-0.25, -0.2) is 28.2 Å². The first-order valence-corrected chi connectivity index (χ1v) is 10.00. The Kier molecular flexibility index (Phi) is 5.47. The maximum Gasteiger partial charge on any atom is 0.410 e. The van der Waals surface area contributed by atoms with E-state index in [1.54, 1.807) is 4.90 Å². The van der Waals surface area contributed by atoms with Crippen LogP contribution in [0.1, 0.15) is 33.6 Å². The fraction of sp³-hybridized carbons (Fsp3) is 0.429. The fourth-order valence-electron chi connectivity index (χ4n) is 3.39. The zero-order valence-corrected chi connectivity index (χ0v) is 17.5. The Morgan fingerprint density at radius 3 is 2.58 bits per heavy atom. The molecule has 164 valence electrons. The van der Waals surface area contributed by atoms with Crippen molar-refractivity contribution < 1.29 is 23.0 Å². The number of nitrogens with zero attached hydrogens (tertiary/aromatic N) is 5. The zero-order valence-electron chi connectivity index (χ0n) is 17.5. The normalized spacial score (nSPS) is 15.3. The van der Waals surface area contributed by atoms with Crippen molar-refractivity contribution in [3.05, 3.63) is 42.4 Å². The molecule has 0 N–H and O–H groups in total. The number of likely N-dealkylation sites (tertiary alicyclic amines) is 1. The number of amides is 1. The number of ether oxygens (including phenoxy) is 2. The smallest absolute Gasteiger partial charge is 0.410 e. The third-order valence-electron chi connectivity index (χ3n) is 4.84. The SMILES string of the molecule is CC(C)(C)OC(=O)N1CCC(Oc2ncnc3c2cnn3-c2ccc(F)cc2F)CC1. The van der Waals surface area contributed by atoms with E-state index in [4.69, 9.17) is 9.47 Å². The van der Waals surface area contributed by atoms with Crippen molar-refractivity contribution in [2.45, 2.75) is 45.3 Å². The highest BCUT2D eigenvalue weighted by atomic mass is 19.1. The van der Waals surface area contributed by atoms with Crippen molar-refractivity contribution in [2.24, 2.45) is 0 Å². The number of fused-ring (bicyclic) bond motifs is 1. The number of aromatic nitrogens is 4. The molecule has 0 aliphatic carbocycles. The summed E-state index contributed by atoms with van der Waals surface area (Å²) in [6, 6.07) is 3.25. The molecule has 10 heteroatoms. The van der Waals surface area contributed by atoms with Crippen LogP contribution in [-0.2, 0) is 4.74 Å². The number of benzene rings is 1. The minimum atomic E-state index is -0.749. The Bertz CT molecular complexity index is 1100. The summed E-state index contributed by atoms with van der Waals surface area (Å²) in [4.78, 5) is 22.3. The van der Waals surface area contributed by atoms with Crippen molar-refractivity contribution in [3.63, 3.8) is 0 Å². The molecule has 1 aliphatic rings. The first kappa shape index (κ1) is 21.0. The highest BCUT2D eigenvalue weighted by Crippen LogP contribution is 2.27. The summed E-state index contributed by atoms with van der Waals surface area (Å²) in [5.74, 6) is -1.09. The summed E-state index contributed by atoms with van der Waals surface area (Å²) in [6.07, 6.45) is 3.55. The van der Waals surface area contributed by atoms with Crippen LogP contribution in [0.25, 0.3) is 16.7 Å². The highest BCUT2D eigenvalue weighted by molar-refractivity contribution is 5.81. The summed E-state index contributed by atoms with van der Waals surface area (Å²) in [6.45, 7) is 6.51. The Morgan fingerprint density at radius 2 is 1.90 bits per heavy atom. The number of hydrogen-bond acceptors (Lipinski definition) is 6. The first-order chi connectivity index (χ1) is 14.7. The maximum absolute atomic E-state index is 14.2. The number of halogens is 2. The first-order valence-electron chi connectivity index (χ1n) is 10.00. The van der Waals surface area contributed by atoms with Crippen molar-refractivity contribution in [2.75, 3.05) is 13.1 Å². The summed E-state index contributed by atoms with van der Waals surface area (Å²) in [7, 11) is 0. The number of piperidine rings is 1. The van der Waals surface area contributed by atoms with E-state index in [1.807, 2.05) is 20.8 Å². The van der Waals surface area contributed by atoms with Crippen LogP contribution in [0.2, 0.25) is 0 Å². The standard InChI is InChI=1S/C21H23F2N5O3/c1-21(2,3)31-20(29)27-8-6-14(7-9-27)30-19-15-11-26-28(18(15)24-12-25-19)17-5-4-13(22)10-16(17)23/h4-5,10-12,14H,6-9H2,1-3H3. The molecule has 0 saturated carbocycles. The molecular formula is C21H23F2N5O3. The van der Waals surface area contributed by atoms with E-state index in [0.717, 1.165) is 12.1 Å². The van der Waals surface area contributed by atoms with Gasteiger partial charge in [0.05, 0.1) is 6.20 Å². The Balaban J connectivity index is 1.48. The van der Waals surface area contributed by atoms with E-state index in [2.05, 4.69) is 15.1 Å². The molecule has 0 spiro atoms. The predicted octanol–water partition coefficient (Wildman–Crippen LogP) is 3.87. The molecule has 0 radical (unpaired) electrons. The number of hydrogen-bond donors (Lipinski definition) is 0. The summed E-state index contributed by atoms with van der Waals surface area (Å²) < 4.78 is 40.2. The van der Waals surface area contributed by atoms with Gasteiger partial charge in [0.25, 0.3) is 0 Å².